The van der Waals surface area contributed by atoms with E-state index in [-0.39, 0.29) is 30.2 Å². The van der Waals surface area contributed by atoms with Crippen LogP contribution in [-0.4, -0.2) is 48.8 Å². The van der Waals surface area contributed by atoms with Crippen molar-refractivity contribution in [3.05, 3.63) is 0 Å². The monoisotopic (exact) mass is 340 g/mol. The number of carbonyl (C=O) groups excluding carboxylic acids is 4. The first-order chi connectivity index (χ1) is 11.3. The van der Waals surface area contributed by atoms with Gasteiger partial charge in [-0.2, -0.15) is 0 Å². The lowest BCUT2D eigenvalue weighted by molar-refractivity contribution is -0.131. The van der Waals surface area contributed by atoms with Crippen molar-refractivity contribution in [2.75, 3.05) is 13.1 Å². The largest absolute Gasteiger partial charge is 0.355 e. The molecule has 1 aliphatic rings. The van der Waals surface area contributed by atoms with Crippen molar-refractivity contribution in [2.45, 2.75) is 58.5 Å². The van der Waals surface area contributed by atoms with Crippen molar-refractivity contribution in [3.63, 3.8) is 0 Å². The Labute approximate surface area is 142 Å². The summed E-state index contributed by atoms with van der Waals surface area (Å²) >= 11 is 0. The SMILES string of the molecule is CCCNC(=O)CNC(=O)[C@H](CC(C)C)NC(=O)[C@@H]1CCC(=O)N1. The summed E-state index contributed by atoms with van der Waals surface area (Å²) in [5.41, 5.74) is 0. The van der Waals surface area contributed by atoms with Crippen LogP contribution in [0.15, 0.2) is 0 Å². The highest BCUT2D eigenvalue weighted by Gasteiger charge is 2.30. The van der Waals surface area contributed by atoms with Gasteiger partial charge in [-0.05, 0) is 25.2 Å². The molecule has 1 saturated heterocycles. The first kappa shape index (κ1) is 19.9. The molecule has 0 unspecified atom stereocenters. The normalized spacial score (nSPS) is 18.0. The molecule has 2 atom stereocenters. The van der Waals surface area contributed by atoms with E-state index in [1.165, 1.54) is 0 Å². The van der Waals surface area contributed by atoms with Crippen molar-refractivity contribution in [3.8, 4) is 0 Å². The summed E-state index contributed by atoms with van der Waals surface area (Å²) in [6.45, 7) is 6.26. The smallest absolute Gasteiger partial charge is 0.243 e. The number of rotatable bonds is 9. The molecule has 0 aromatic carbocycles. The van der Waals surface area contributed by atoms with Crippen molar-refractivity contribution in [1.29, 1.82) is 0 Å². The van der Waals surface area contributed by atoms with E-state index in [1.807, 2.05) is 20.8 Å². The van der Waals surface area contributed by atoms with Gasteiger partial charge in [-0.15, -0.1) is 0 Å². The Balaban J connectivity index is 2.53. The third-order valence-electron chi connectivity index (χ3n) is 3.65. The van der Waals surface area contributed by atoms with Gasteiger partial charge in [-0.1, -0.05) is 20.8 Å². The Morgan fingerprint density at radius 1 is 1.25 bits per heavy atom. The molecule has 0 spiro atoms. The molecule has 8 heteroatoms. The van der Waals surface area contributed by atoms with Crippen LogP contribution >= 0.6 is 0 Å². The second kappa shape index (κ2) is 9.89. The van der Waals surface area contributed by atoms with Crippen LogP contribution in [0, 0.1) is 5.92 Å². The van der Waals surface area contributed by atoms with Crippen LogP contribution in [0.4, 0.5) is 0 Å². The molecule has 1 aliphatic heterocycles. The van der Waals surface area contributed by atoms with E-state index in [4.69, 9.17) is 0 Å². The summed E-state index contributed by atoms with van der Waals surface area (Å²) in [7, 11) is 0. The Hall–Kier alpha value is -2.12. The lowest BCUT2D eigenvalue weighted by Gasteiger charge is -2.22. The average Bonchev–Trinajstić information content (AvgIpc) is 2.96. The summed E-state index contributed by atoms with van der Waals surface area (Å²) in [6, 6.07) is -1.32. The van der Waals surface area contributed by atoms with Gasteiger partial charge < -0.3 is 21.3 Å². The third-order valence-corrected chi connectivity index (χ3v) is 3.65. The highest BCUT2D eigenvalue weighted by atomic mass is 16.2. The molecule has 1 rings (SSSR count). The molecule has 0 aliphatic carbocycles. The summed E-state index contributed by atoms with van der Waals surface area (Å²) in [5, 5.41) is 10.5. The Morgan fingerprint density at radius 2 is 1.96 bits per heavy atom. The minimum atomic E-state index is -0.728. The minimum Gasteiger partial charge on any atom is -0.355 e. The summed E-state index contributed by atoms with van der Waals surface area (Å²) in [6.07, 6.45) is 2.02. The van der Waals surface area contributed by atoms with Gasteiger partial charge in [0.2, 0.25) is 23.6 Å². The molecular formula is C16H28N4O4. The van der Waals surface area contributed by atoms with Crippen molar-refractivity contribution < 1.29 is 19.2 Å². The highest BCUT2D eigenvalue weighted by molar-refractivity contribution is 5.94. The van der Waals surface area contributed by atoms with Gasteiger partial charge in [0.05, 0.1) is 6.54 Å². The van der Waals surface area contributed by atoms with Crippen LogP contribution in [0.2, 0.25) is 0 Å². The van der Waals surface area contributed by atoms with Gasteiger partial charge >= 0.3 is 0 Å². The van der Waals surface area contributed by atoms with E-state index in [0.29, 0.717) is 25.8 Å². The van der Waals surface area contributed by atoms with Crippen LogP contribution in [0.3, 0.4) is 0 Å². The third kappa shape index (κ3) is 6.97. The second-order valence-corrected chi connectivity index (χ2v) is 6.42. The van der Waals surface area contributed by atoms with Crippen LogP contribution in [-0.2, 0) is 19.2 Å². The van der Waals surface area contributed by atoms with Crippen LogP contribution < -0.4 is 21.3 Å². The fourth-order valence-corrected chi connectivity index (χ4v) is 2.40. The quantitative estimate of drug-likeness (QED) is 0.450. The van der Waals surface area contributed by atoms with E-state index in [1.54, 1.807) is 0 Å². The van der Waals surface area contributed by atoms with E-state index < -0.39 is 18.0 Å². The lowest BCUT2D eigenvalue weighted by atomic mass is 10.0. The minimum absolute atomic E-state index is 0.122. The zero-order valence-corrected chi connectivity index (χ0v) is 14.6. The lowest BCUT2D eigenvalue weighted by Crippen LogP contribution is -2.53. The van der Waals surface area contributed by atoms with Gasteiger partial charge in [-0.25, -0.2) is 0 Å². The number of nitrogens with one attached hydrogen (secondary N) is 4. The molecule has 136 valence electrons. The van der Waals surface area contributed by atoms with Gasteiger partial charge in [0.1, 0.15) is 12.1 Å². The molecule has 1 heterocycles. The predicted octanol–water partition coefficient (Wildman–Crippen LogP) is -0.562. The van der Waals surface area contributed by atoms with Crippen molar-refractivity contribution >= 4 is 23.6 Å². The molecule has 0 radical (unpaired) electrons. The van der Waals surface area contributed by atoms with Gasteiger partial charge in [0, 0.05) is 13.0 Å². The Kier molecular flexibility index (Phi) is 8.21. The molecule has 24 heavy (non-hydrogen) atoms. The van der Waals surface area contributed by atoms with E-state index in [2.05, 4.69) is 21.3 Å². The second-order valence-electron chi connectivity index (χ2n) is 6.42. The average molecular weight is 340 g/mol. The molecule has 8 nitrogen and oxygen atoms in total. The summed E-state index contributed by atoms with van der Waals surface area (Å²) in [4.78, 5) is 47.2. The predicted molar refractivity (Wildman–Crippen MR) is 88.9 cm³/mol. The topological polar surface area (TPSA) is 116 Å². The highest BCUT2D eigenvalue weighted by Crippen LogP contribution is 2.09. The fraction of sp³-hybridized carbons (Fsp3) is 0.750. The molecule has 0 bridgehead atoms. The van der Waals surface area contributed by atoms with Crippen molar-refractivity contribution in [2.24, 2.45) is 5.92 Å². The van der Waals surface area contributed by atoms with Gasteiger partial charge in [-0.3, -0.25) is 19.2 Å². The number of amides is 4. The Morgan fingerprint density at radius 3 is 2.50 bits per heavy atom. The molecular weight excluding hydrogens is 312 g/mol. The molecule has 0 aromatic rings. The zero-order valence-electron chi connectivity index (χ0n) is 14.6. The van der Waals surface area contributed by atoms with E-state index in [0.717, 1.165) is 6.42 Å². The van der Waals surface area contributed by atoms with Crippen LogP contribution in [0.25, 0.3) is 0 Å². The number of carbonyl (C=O) groups is 4. The maximum atomic E-state index is 12.3. The fourth-order valence-electron chi connectivity index (χ4n) is 2.40. The van der Waals surface area contributed by atoms with E-state index >= 15 is 0 Å². The molecule has 4 amide bonds. The zero-order chi connectivity index (χ0) is 18.1. The first-order valence-corrected chi connectivity index (χ1v) is 8.47. The van der Waals surface area contributed by atoms with Gasteiger partial charge in [0.15, 0.2) is 0 Å². The van der Waals surface area contributed by atoms with E-state index in [9.17, 15) is 19.2 Å². The Bertz CT molecular complexity index is 479. The summed E-state index contributed by atoms with van der Waals surface area (Å²) < 4.78 is 0. The molecule has 0 aromatic heterocycles. The summed E-state index contributed by atoms with van der Waals surface area (Å²) in [5.74, 6) is -0.992. The number of hydrogen-bond donors (Lipinski definition) is 4. The van der Waals surface area contributed by atoms with Crippen LogP contribution in [0.1, 0.15) is 46.5 Å². The standard InChI is InChI=1S/C16H28N4O4/c1-4-7-17-14(22)9-18-15(23)12(8-10(2)3)20-16(24)11-5-6-13(21)19-11/h10-12H,4-9H2,1-3H3,(H,17,22)(H,18,23)(H,19,21)(H,20,24)/t11-,12-/m0/s1. The van der Waals surface area contributed by atoms with Crippen molar-refractivity contribution in [1.82, 2.24) is 21.3 Å². The molecule has 1 fully saturated rings. The molecule has 0 saturated carbocycles. The van der Waals surface area contributed by atoms with Crippen LogP contribution in [0.5, 0.6) is 0 Å². The van der Waals surface area contributed by atoms with Gasteiger partial charge in [0.25, 0.3) is 0 Å². The first-order valence-electron chi connectivity index (χ1n) is 8.47. The maximum absolute atomic E-state index is 12.3. The molecule has 4 N–H and O–H groups in total. The maximum Gasteiger partial charge on any atom is 0.243 e. The number of hydrogen-bond acceptors (Lipinski definition) is 4.